The van der Waals surface area contributed by atoms with Gasteiger partial charge in [-0.3, -0.25) is 9.59 Å². The van der Waals surface area contributed by atoms with E-state index in [1.807, 2.05) is 54.6 Å². The Balaban J connectivity index is 1.47. The second-order valence-corrected chi connectivity index (χ2v) is 8.65. The zero-order chi connectivity index (χ0) is 23.1. The summed E-state index contributed by atoms with van der Waals surface area (Å²) in [6.07, 6.45) is 1.79. The molecule has 4 aromatic rings. The van der Waals surface area contributed by atoms with Crippen LogP contribution in [-0.4, -0.2) is 30.1 Å². The number of carbonyl (C=O) groups excluding carboxylic acids is 1. The first-order valence-corrected chi connectivity index (χ1v) is 11.5. The van der Waals surface area contributed by atoms with Crippen LogP contribution in [0, 0.1) is 0 Å². The average Bonchev–Trinajstić information content (AvgIpc) is 3.47. The van der Waals surface area contributed by atoms with Crippen LogP contribution in [0.1, 0.15) is 40.6 Å². The van der Waals surface area contributed by atoms with Gasteiger partial charge in [0, 0.05) is 13.2 Å². The zero-order valence-corrected chi connectivity index (χ0v) is 18.5. The molecule has 0 radical (unpaired) electrons. The number of ether oxygens (including phenoxy) is 2. The summed E-state index contributed by atoms with van der Waals surface area (Å²) in [6.45, 7) is 1.08. The van der Waals surface area contributed by atoms with Crippen molar-refractivity contribution in [2.24, 2.45) is 0 Å². The number of fused-ring (bicyclic) bond motifs is 2. The number of amides is 1. The van der Waals surface area contributed by atoms with Crippen molar-refractivity contribution in [3.8, 4) is 11.5 Å². The largest absolute Gasteiger partial charge is 0.457 e. The smallest absolute Gasteiger partial charge is 0.291 e. The lowest BCUT2D eigenvalue weighted by Gasteiger charge is -2.27. The van der Waals surface area contributed by atoms with Crippen LogP contribution in [0.5, 0.6) is 11.5 Å². The quantitative estimate of drug-likeness (QED) is 0.410. The van der Waals surface area contributed by atoms with Gasteiger partial charge in [-0.15, -0.1) is 0 Å². The van der Waals surface area contributed by atoms with Gasteiger partial charge in [-0.05, 0) is 54.8 Å². The van der Waals surface area contributed by atoms with Gasteiger partial charge < -0.3 is 18.8 Å². The normalized spacial score (nSPS) is 19.5. The molecule has 3 aromatic carbocycles. The topological polar surface area (TPSA) is 69.0 Å². The van der Waals surface area contributed by atoms with E-state index in [0.717, 1.165) is 18.4 Å². The highest BCUT2D eigenvalue weighted by atomic mass is 16.5. The third kappa shape index (κ3) is 3.56. The summed E-state index contributed by atoms with van der Waals surface area (Å²) in [7, 11) is 0. The Hall–Kier alpha value is -3.90. The number of carbonyl (C=O) groups is 1. The molecule has 2 aliphatic heterocycles. The summed E-state index contributed by atoms with van der Waals surface area (Å²) in [5, 5.41) is 0.467. The van der Waals surface area contributed by atoms with Gasteiger partial charge in [-0.1, -0.05) is 42.5 Å². The predicted molar refractivity (Wildman–Crippen MR) is 127 cm³/mol. The molecule has 34 heavy (non-hydrogen) atoms. The third-order valence-electron chi connectivity index (χ3n) is 6.45. The molecular formula is C28H23NO5. The molecule has 1 saturated heterocycles. The molecule has 6 heteroatoms. The highest BCUT2D eigenvalue weighted by Gasteiger charge is 2.44. The van der Waals surface area contributed by atoms with Gasteiger partial charge in [0.2, 0.25) is 5.76 Å². The van der Waals surface area contributed by atoms with Crippen LogP contribution < -0.4 is 10.2 Å². The molecule has 1 aromatic heterocycles. The lowest BCUT2D eigenvalue weighted by Crippen LogP contribution is -2.36. The first-order chi connectivity index (χ1) is 16.7. The van der Waals surface area contributed by atoms with Crippen molar-refractivity contribution in [1.82, 2.24) is 4.90 Å². The molecule has 0 aliphatic carbocycles. The van der Waals surface area contributed by atoms with Crippen LogP contribution in [0.15, 0.2) is 88.1 Å². The number of nitrogens with zero attached hydrogens (tertiary/aromatic N) is 1. The van der Waals surface area contributed by atoms with Crippen LogP contribution >= 0.6 is 0 Å². The Kier molecular flexibility index (Phi) is 5.15. The number of rotatable bonds is 5. The molecule has 0 unspecified atom stereocenters. The molecular weight excluding hydrogens is 430 g/mol. The Labute approximate surface area is 196 Å². The van der Waals surface area contributed by atoms with Crippen molar-refractivity contribution in [2.45, 2.75) is 25.0 Å². The maximum absolute atomic E-state index is 13.6. The number of benzene rings is 3. The van der Waals surface area contributed by atoms with Crippen molar-refractivity contribution in [3.63, 3.8) is 0 Å². The summed E-state index contributed by atoms with van der Waals surface area (Å²) >= 11 is 0. The maximum atomic E-state index is 13.6. The van der Waals surface area contributed by atoms with Gasteiger partial charge in [-0.2, -0.15) is 0 Å². The van der Waals surface area contributed by atoms with E-state index >= 15 is 0 Å². The van der Waals surface area contributed by atoms with Crippen molar-refractivity contribution >= 4 is 16.9 Å². The fourth-order valence-corrected chi connectivity index (χ4v) is 4.88. The molecule has 1 amide bonds. The van der Waals surface area contributed by atoms with E-state index < -0.39 is 6.04 Å². The van der Waals surface area contributed by atoms with Crippen LogP contribution in [0.2, 0.25) is 0 Å². The van der Waals surface area contributed by atoms with Crippen molar-refractivity contribution in [2.75, 3.05) is 13.2 Å². The molecule has 2 aliphatic rings. The van der Waals surface area contributed by atoms with Gasteiger partial charge in [0.25, 0.3) is 5.91 Å². The van der Waals surface area contributed by atoms with E-state index in [9.17, 15) is 9.59 Å². The van der Waals surface area contributed by atoms with Crippen LogP contribution in [-0.2, 0) is 4.74 Å². The number of hydrogen-bond donors (Lipinski definition) is 0. The second-order valence-electron chi connectivity index (χ2n) is 8.65. The average molecular weight is 453 g/mol. The Morgan fingerprint density at radius 3 is 2.53 bits per heavy atom. The molecule has 6 rings (SSSR count). The zero-order valence-electron chi connectivity index (χ0n) is 18.5. The first kappa shape index (κ1) is 20.7. The van der Waals surface area contributed by atoms with E-state index in [0.29, 0.717) is 41.2 Å². The second kappa shape index (κ2) is 8.47. The standard InChI is InChI=1S/C28H23NO5/c30-26-22-13-4-5-14-23(22)34-27-24(26)25(29(28(27)31)17-21-12-7-15-32-21)18-8-6-11-20(16-18)33-19-9-2-1-3-10-19/h1-6,8-11,13-14,16,21,25H,7,12,15,17H2/t21-,25+/m0/s1. The predicted octanol–water partition coefficient (Wildman–Crippen LogP) is 5.31. The van der Waals surface area contributed by atoms with E-state index in [4.69, 9.17) is 13.9 Å². The number of hydrogen-bond acceptors (Lipinski definition) is 5. The molecule has 1 fully saturated rings. The van der Waals surface area contributed by atoms with Crippen molar-refractivity contribution in [3.05, 3.63) is 106 Å². The minimum atomic E-state index is -0.577. The Morgan fingerprint density at radius 1 is 0.912 bits per heavy atom. The van der Waals surface area contributed by atoms with E-state index in [1.165, 1.54) is 0 Å². The van der Waals surface area contributed by atoms with Gasteiger partial charge >= 0.3 is 0 Å². The van der Waals surface area contributed by atoms with Crippen LogP contribution in [0.3, 0.4) is 0 Å². The lowest BCUT2D eigenvalue weighted by molar-refractivity contribution is 0.0486. The summed E-state index contributed by atoms with van der Waals surface area (Å²) < 4.78 is 17.9. The fraction of sp³-hybridized carbons (Fsp3) is 0.214. The van der Waals surface area contributed by atoms with Gasteiger partial charge in [-0.25, -0.2) is 0 Å². The molecule has 0 saturated carbocycles. The van der Waals surface area contributed by atoms with Gasteiger partial charge in [0.15, 0.2) is 5.43 Å². The Morgan fingerprint density at radius 2 is 1.71 bits per heavy atom. The van der Waals surface area contributed by atoms with E-state index in [1.54, 1.807) is 29.2 Å². The molecule has 0 N–H and O–H groups in total. The summed E-state index contributed by atoms with van der Waals surface area (Å²) in [5.41, 5.74) is 1.40. The highest BCUT2D eigenvalue weighted by molar-refractivity contribution is 5.99. The number of para-hydroxylation sites is 2. The van der Waals surface area contributed by atoms with Crippen molar-refractivity contribution < 1.29 is 18.7 Å². The molecule has 0 spiro atoms. The third-order valence-corrected chi connectivity index (χ3v) is 6.45. The van der Waals surface area contributed by atoms with E-state index in [2.05, 4.69) is 0 Å². The minimum Gasteiger partial charge on any atom is -0.457 e. The minimum absolute atomic E-state index is 0.0611. The maximum Gasteiger partial charge on any atom is 0.291 e. The summed E-state index contributed by atoms with van der Waals surface area (Å²) in [6, 6.07) is 23.5. The van der Waals surface area contributed by atoms with Crippen LogP contribution in [0.4, 0.5) is 0 Å². The SMILES string of the molecule is O=C1c2oc3ccccc3c(=O)c2[C@@H](c2cccc(Oc3ccccc3)c2)N1C[C@@H]1CCCO1. The fourth-order valence-electron chi connectivity index (χ4n) is 4.88. The van der Waals surface area contributed by atoms with Gasteiger partial charge in [0.05, 0.1) is 23.1 Å². The molecule has 0 bridgehead atoms. The van der Waals surface area contributed by atoms with Gasteiger partial charge in [0.1, 0.15) is 17.1 Å². The highest BCUT2D eigenvalue weighted by Crippen LogP contribution is 2.40. The van der Waals surface area contributed by atoms with Crippen LogP contribution in [0.25, 0.3) is 11.0 Å². The monoisotopic (exact) mass is 453 g/mol. The summed E-state index contributed by atoms with van der Waals surface area (Å²) in [4.78, 5) is 28.9. The molecule has 170 valence electrons. The van der Waals surface area contributed by atoms with Crippen molar-refractivity contribution in [1.29, 1.82) is 0 Å². The first-order valence-electron chi connectivity index (χ1n) is 11.5. The Bertz CT molecular complexity index is 1420. The summed E-state index contributed by atoms with van der Waals surface area (Å²) in [5.74, 6) is 1.17. The van der Waals surface area contributed by atoms with E-state index in [-0.39, 0.29) is 23.2 Å². The molecule has 6 nitrogen and oxygen atoms in total. The molecule has 2 atom stereocenters. The lowest BCUT2D eigenvalue weighted by atomic mass is 9.98. The molecule has 3 heterocycles.